The molecule has 0 spiro atoms. The second kappa shape index (κ2) is 8.14. The predicted molar refractivity (Wildman–Crippen MR) is 104 cm³/mol. The van der Waals surface area contributed by atoms with Crippen molar-refractivity contribution in [2.24, 2.45) is 5.92 Å². The Labute approximate surface area is 172 Å². The number of carboxylic acid groups (broad SMARTS) is 1. The number of nitrogens with zero attached hydrogens (tertiary/aromatic N) is 2. The summed E-state index contributed by atoms with van der Waals surface area (Å²) in [6, 6.07) is 14.7. The highest BCUT2D eigenvalue weighted by Gasteiger charge is 2.47. The van der Waals surface area contributed by atoms with Gasteiger partial charge in [-0.1, -0.05) is 42.5 Å². The van der Waals surface area contributed by atoms with Crippen LogP contribution in [0.4, 0.5) is 14.0 Å². The van der Waals surface area contributed by atoms with Gasteiger partial charge in [-0.05, 0) is 29.7 Å². The number of benzene rings is 2. The molecule has 2 saturated heterocycles. The van der Waals surface area contributed by atoms with Gasteiger partial charge in [-0.3, -0.25) is 4.79 Å². The Morgan fingerprint density at radius 1 is 1.07 bits per heavy atom. The second-order valence-corrected chi connectivity index (χ2v) is 7.58. The maximum atomic E-state index is 13.4. The molecule has 2 aromatic carbocycles. The van der Waals surface area contributed by atoms with Gasteiger partial charge in [-0.25, -0.2) is 18.9 Å². The van der Waals surface area contributed by atoms with Gasteiger partial charge in [0.1, 0.15) is 12.4 Å². The van der Waals surface area contributed by atoms with Crippen LogP contribution in [-0.4, -0.2) is 58.7 Å². The minimum Gasteiger partial charge on any atom is -0.465 e. The third kappa shape index (κ3) is 3.85. The van der Waals surface area contributed by atoms with Gasteiger partial charge in [0.25, 0.3) is 0 Å². The quantitative estimate of drug-likeness (QED) is 0.834. The Kier molecular flexibility index (Phi) is 5.39. The molecule has 0 saturated carbocycles. The molecule has 30 heavy (non-hydrogen) atoms. The van der Waals surface area contributed by atoms with Crippen LogP contribution in [0, 0.1) is 11.7 Å². The molecule has 0 aromatic heterocycles. The maximum absolute atomic E-state index is 13.4. The molecule has 4 rings (SSSR count). The van der Waals surface area contributed by atoms with Crippen molar-refractivity contribution < 1.29 is 28.6 Å². The van der Waals surface area contributed by atoms with Crippen LogP contribution in [-0.2, 0) is 16.0 Å². The number of halogens is 1. The average molecular weight is 412 g/mol. The Morgan fingerprint density at radius 2 is 1.77 bits per heavy atom. The Morgan fingerprint density at radius 3 is 2.43 bits per heavy atom. The van der Waals surface area contributed by atoms with Gasteiger partial charge in [0, 0.05) is 19.0 Å². The summed E-state index contributed by atoms with van der Waals surface area (Å²) in [5.74, 6) is -2.10. The molecule has 2 aliphatic rings. The van der Waals surface area contributed by atoms with Crippen LogP contribution in [0.5, 0.6) is 0 Å². The molecular weight excluding hydrogens is 391 g/mol. The largest absolute Gasteiger partial charge is 0.465 e. The number of rotatable bonds is 4. The van der Waals surface area contributed by atoms with Crippen LogP contribution in [0.25, 0.3) is 0 Å². The van der Waals surface area contributed by atoms with Crippen molar-refractivity contribution in [2.45, 2.75) is 18.4 Å². The van der Waals surface area contributed by atoms with Crippen LogP contribution in [0.15, 0.2) is 54.6 Å². The number of likely N-dealkylation sites (tertiary alicyclic amines) is 1. The summed E-state index contributed by atoms with van der Waals surface area (Å²) in [6.07, 6.45) is -1.40. The summed E-state index contributed by atoms with van der Waals surface area (Å²) in [7, 11) is 0. The fraction of sp³-hybridized carbons (Fsp3) is 0.318. The Balaban J connectivity index is 1.60. The first-order valence-electron chi connectivity index (χ1n) is 9.71. The van der Waals surface area contributed by atoms with E-state index in [1.807, 2.05) is 30.3 Å². The fourth-order valence-electron chi connectivity index (χ4n) is 4.20. The first kappa shape index (κ1) is 19.9. The third-order valence-electron chi connectivity index (χ3n) is 5.72. The number of ether oxygens (including phenoxy) is 1. The van der Waals surface area contributed by atoms with E-state index in [0.717, 1.165) is 15.4 Å². The van der Waals surface area contributed by atoms with Gasteiger partial charge < -0.3 is 14.7 Å². The summed E-state index contributed by atoms with van der Waals surface area (Å²) in [5.41, 5.74) is 1.62. The minimum atomic E-state index is -1.14. The van der Waals surface area contributed by atoms with Crippen molar-refractivity contribution in [1.82, 2.24) is 9.80 Å². The molecule has 1 N–H and O–H groups in total. The van der Waals surface area contributed by atoms with Crippen LogP contribution >= 0.6 is 0 Å². The van der Waals surface area contributed by atoms with Crippen LogP contribution in [0.1, 0.15) is 17.0 Å². The highest BCUT2D eigenvalue weighted by atomic mass is 19.1. The molecule has 7 nitrogen and oxygen atoms in total. The maximum Gasteiger partial charge on any atom is 0.416 e. The van der Waals surface area contributed by atoms with Crippen molar-refractivity contribution in [3.8, 4) is 0 Å². The van der Waals surface area contributed by atoms with Gasteiger partial charge in [-0.15, -0.1) is 0 Å². The van der Waals surface area contributed by atoms with E-state index in [2.05, 4.69) is 0 Å². The molecule has 8 heteroatoms. The molecule has 0 aliphatic carbocycles. The van der Waals surface area contributed by atoms with Gasteiger partial charge in [0.2, 0.25) is 5.91 Å². The zero-order chi connectivity index (χ0) is 21.3. The van der Waals surface area contributed by atoms with E-state index < -0.39 is 41.8 Å². The summed E-state index contributed by atoms with van der Waals surface area (Å²) in [6.45, 7) is 0.164. The zero-order valence-electron chi connectivity index (χ0n) is 16.1. The lowest BCUT2D eigenvalue weighted by Crippen LogP contribution is -2.45. The number of amides is 3. The van der Waals surface area contributed by atoms with E-state index in [0.29, 0.717) is 12.0 Å². The first-order chi connectivity index (χ1) is 14.4. The van der Waals surface area contributed by atoms with Crippen molar-refractivity contribution in [1.29, 1.82) is 0 Å². The van der Waals surface area contributed by atoms with E-state index >= 15 is 0 Å². The van der Waals surface area contributed by atoms with E-state index in [9.17, 15) is 23.9 Å². The van der Waals surface area contributed by atoms with Gasteiger partial charge >= 0.3 is 12.2 Å². The minimum absolute atomic E-state index is 0.0297. The lowest BCUT2D eigenvalue weighted by atomic mass is 9.87. The molecule has 0 unspecified atom stereocenters. The SMILES string of the molecule is O=C(O)N1C[C@H](C(=O)N2C(=O)OC[C@H]2Cc2ccccc2)[C@@H](c2ccc(F)cc2)C1. The Hall–Kier alpha value is -3.42. The molecule has 3 amide bonds. The zero-order valence-corrected chi connectivity index (χ0v) is 16.1. The normalized spacial score (nSPS) is 23.5. The van der Waals surface area contributed by atoms with Crippen molar-refractivity contribution in [2.75, 3.05) is 19.7 Å². The highest BCUT2D eigenvalue weighted by molar-refractivity contribution is 5.96. The van der Waals surface area contributed by atoms with Crippen molar-refractivity contribution in [3.63, 3.8) is 0 Å². The lowest BCUT2D eigenvalue weighted by molar-refractivity contribution is -0.133. The molecule has 2 fully saturated rings. The Bertz CT molecular complexity index is 950. The highest BCUT2D eigenvalue weighted by Crippen LogP contribution is 2.35. The molecule has 3 atom stereocenters. The van der Waals surface area contributed by atoms with E-state index in [4.69, 9.17) is 4.74 Å². The summed E-state index contributed by atoms with van der Waals surface area (Å²) < 4.78 is 18.5. The van der Waals surface area contributed by atoms with Crippen LogP contribution < -0.4 is 0 Å². The standard InChI is InChI=1S/C22H21FN2O5/c23-16-8-6-15(7-9-16)18-11-24(21(27)28)12-19(18)20(26)25-17(13-30-22(25)29)10-14-4-2-1-3-5-14/h1-9,17-19H,10-13H2,(H,27,28)/t17-,18-,19+/m1/s1. The van der Waals surface area contributed by atoms with Crippen LogP contribution in [0.3, 0.4) is 0 Å². The van der Waals surface area contributed by atoms with Gasteiger partial charge in [0.15, 0.2) is 0 Å². The summed E-state index contributed by atoms with van der Waals surface area (Å²) >= 11 is 0. The van der Waals surface area contributed by atoms with E-state index in [1.54, 1.807) is 12.1 Å². The monoisotopic (exact) mass is 412 g/mol. The average Bonchev–Trinajstić information content (AvgIpc) is 3.33. The molecule has 0 radical (unpaired) electrons. The number of cyclic esters (lactones) is 1. The second-order valence-electron chi connectivity index (χ2n) is 7.58. The molecule has 2 heterocycles. The first-order valence-corrected chi connectivity index (χ1v) is 9.71. The summed E-state index contributed by atoms with van der Waals surface area (Å²) in [4.78, 5) is 39.6. The lowest BCUT2D eigenvalue weighted by Gasteiger charge is -2.25. The van der Waals surface area contributed by atoms with Crippen molar-refractivity contribution in [3.05, 3.63) is 71.5 Å². The molecule has 2 aliphatic heterocycles. The van der Waals surface area contributed by atoms with Gasteiger partial charge in [-0.2, -0.15) is 0 Å². The number of carbonyl (C=O) groups is 3. The fourth-order valence-corrected chi connectivity index (χ4v) is 4.20. The van der Waals surface area contributed by atoms with E-state index in [-0.39, 0.29) is 19.7 Å². The number of hydrogen-bond donors (Lipinski definition) is 1. The smallest absolute Gasteiger partial charge is 0.416 e. The van der Waals surface area contributed by atoms with E-state index in [1.165, 1.54) is 12.1 Å². The topological polar surface area (TPSA) is 87.2 Å². The predicted octanol–water partition coefficient (Wildman–Crippen LogP) is 3.11. The third-order valence-corrected chi connectivity index (χ3v) is 5.72. The molecule has 0 bridgehead atoms. The molecule has 156 valence electrons. The number of hydrogen-bond acceptors (Lipinski definition) is 4. The molecule has 2 aromatic rings. The summed E-state index contributed by atoms with van der Waals surface area (Å²) in [5, 5.41) is 9.44. The van der Waals surface area contributed by atoms with Gasteiger partial charge in [0.05, 0.1) is 12.0 Å². The number of imide groups is 1. The van der Waals surface area contributed by atoms with Crippen molar-refractivity contribution >= 4 is 18.1 Å². The number of carbonyl (C=O) groups excluding carboxylic acids is 2. The molecular formula is C22H21FN2O5. The van der Waals surface area contributed by atoms with Crippen LogP contribution in [0.2, 0.25) is 0 Å².